The van der Waals surface area contributed by atoms with E-state index in [0.29, 0.717) is 5.69 Å². The molecule has 2 aromatic rings. The van der Waals surface area contributed by atoms with Crippen LogP contribution in [0.15, 0.2) is 47.6 Å². The van der Waals surface area contributed by atoms with Crippen LogP contribution in [-0.4, -0.2) is 10.9 Å². The zero-order chi connectivity index (χ0) is 12.8. The molecule has 2 rings (SSSR count). The molecule has 88 valence electrons. The van der Waals surface area contributed by atoms with E-state index in [0.717, 1.165) is 4.88 Å². The van der Waals surface area contributed by atoms with Crippen molar-refractivity contribution in [1.82, 2.24) is 4.98 Å². The third-order valence-electron chi connectivity index (χ3n) is 2.11. The zero-order valence-corrected chi connectivity index (χ0v) is 10.1. The molecule has 0 spiro atoms. The van der Waals surface area contributed by atoms with Gasteiger partial charge in [0.05, 0.1) is 11.9 Å². The minimum Gasteiger partial charge on any atom is -0.320 e. The molecule has 5 heteroatoms. The second-order valence-electron chi connectivity index (χ2n) is 3.38. The van der Waals surface area contributed by atoms with Crippen molar-refractivity contribution in [3.8, 4) is 6.07 Å². The van der Waals surface area contributed by atoms with E-state index in [-0.39, 0.29) is 5.57 Å². The number of nitrogens with zero attached hydrogens (tertiary/aromatic N) is 2. The van der Waals surface area contributed by atoms with Crippen LogP contribution in [0.3, 0.4) is 0 Å². The summed E-state index contributed by atoms with van der Waals surface area (Å²) in [5.41, 5.74) is 0.635. The summed E-state index contributed by atoms with van der Waals surface area (Å²) in [6, 6.07) is 9.03. The van der Waals surface area contributed by atoms with E-state index in [1.165, 1.54) is 17.5 Å². The Balaban J connectivity index is 2.15. The fourth-order valence-corrected chi connectivity index (χ4v) is 1.96. The van der Waals surface area contributed by atoms with Crippen molar-refractivity contribution in [3.63, 3.8) is 0 Å². The second kappa shape index (κ2) is 5.75. The maximum atomic E-state index is 11.8. The molecule has 2 aromatic heterocycles. The van der Waals surface area contributed by atoms with Gasteiger partial charge in [-0.15, -0.1) is 11.3 Å². The molecule has 0 aliphatic rings. The number of aromatic nitrogens is 1. The molecule has 0 aliphatic heterocycles. The molecule has 1 amide bonds. The molecule has 18 heavy (non-hydrogen) atoms. The van der Waals surface area contributed by atoms with Crippen molar-refractivity contribution in [1.29, 1.82) is 5.26 Å². The number of carbonyl (C=O) groups excluding carboxylic acids is 1. The van der Waals surface area contributed by atoms with Crippen LogP contribution in [0.5, 0.6) is 0 Å². The SMILES string of the molecule is N#C/C(=C\c1cccs1)C(=O)Nc1cccnc1. The van der Waals surface area contributed by atoms with Crippen molar-refractivity contribution in [2.75, 3.05) is 5.32 Å². The van der Waals surface area contributed by atoms with Gasteiger partial charge in [0.2, 0.25) is 0 Å². The van der Waals surface area contributed by atoms with E-state index in [4.69, 9.17) is 5.26 Å². The van der Waals surface area contributed by atoms with Crippen molar-refractivity contribution < 1.29 is 4.79 Å². The number of nitriles is 1. The molecular weight excluding hydrogens is 246 g/mol. The highest BCUT2D eigenvalue weighted by Crippen LogP contribution is 2.14. The fraction of sp³-hybridized carbons (Fsp3) is 0. The topological polar surface area (TPSA) is 65.8 Å². The lowest BCUT2D eigenvalue weighted by atomic mass is 10.2. The minimum absolute atomic E-state index is 0.0707. The molecule has 0 saturated carbocycles. The smallest absolute Gasteiger partial charge is 0.266 e. The number of anilines is 1. The Kier molecular flexibility index (Phi) is 3.84. The molecule has 0 radical (unpaired) electrons. The van der Waals surface area contributed by atoms with E-state index < -0.39 is 5.91 Å². The van der Waals surface area contributed by atoms with Gasteiger partial charge in [0.15, 0.2) is 0 Å². The van der Waals surface area contributed by atoms with Gasteiger partial charge in [-0.2, -0.15) is 5.26 Å². The molecule has 0 aliphatic carbocycles. The predicted octanol–water partition coefficient (Wildman–Crippen LogP) is 2.69. The van der Waals surface area contributed by atoms with Crippen LogP contribution in [0.2, 0.25) is 0 Å². The molecule has 0 unspecified atom stereocenters. The van der Waals surface area contributed by atoms with E-state index in [1.807, 2.05) is 23.6 Å². The monoisotopic (exact) mass is 255 g/mol. The van der Waals surface area contributed by atoms with Gasteiger partial charge in [-0.25, -0.2) is 0 Å². The van der Waals surface area contributed by atoms with Crippen molar-refractivity contribution in [2.24, 2.45) is 0 Å². The van der Waals surface area contributed by atoms with Gasteiger partial charge in [-0.3, -0.25) is 9.78 Å². The quantitative estimate of drug-likeness (QED) is 0.677. The van der Waals surface area contributed by atoms with Crippen molar-refractivity contribution in [2.45, 2.75) is 0 Å². The summed E-state index contributed by atoms with van der Waals surface area (Å²) in [5.74, 6) is -0.432. The maximum absolute atomic E-state index is 11.8. The minimum atomic E-state index is -0.432. The lowest BCUT2D eigenvalue weighted by Crippen LogP contribution is -2.13. The first-order chi connectivity index (χ1) is 8.79. The number of rotatable bonds is 3. The standard InChI is InChI=1S/C13H9N3OS/c14-8-10(7-12-4-2-6-18-12)13(17)16-11-3-1-5-15-9-11/h1-7,9H,(H,16,17)/b10-7+. The molecule has 2 heterocycles. The lowest BCUT2D eigenvalue weighted by Gasteiger charge is -2.02. The van der Waals surface area contributed by atoms with Crippen LogP contribution in [0.1, 0.15) is 4.88 Å². The zero-order valence-electron chi connectivity index (χ0n) is 9.33. The summed E-state index contributed by atoms with van der Waals surface area (Å²) >= 11 is 1.47. The number of amides is 1. The summed E-state index contributed by atoms with van der Waals surface area (Å²) in [6.45, 7) is 0. The average Bonchev–Trinajstić information content (AvgIpc) is 2.90. The van der Waals surface area contributed by atoms with E-state index in [9.17, 15) is 4.79 Å². The number of nitrogens with one attached hydrogen (secondary N) is 1. The number of hydrogen-bond acceptors (Lipinski definition) is 4. The normalized spacial score (nSPS) is 10.7. The Labute approximate surface area is 108 Å². The maximum Gasteiger partial charge on any atom is 0.266 e. The van der Waals surface area contributed by atoms with E-state index >= 15 is 0 Å². The number of thiophene rings is 1. The van der Waals surface area contributed by atoms with E-state index in [1.54, 1.807) is 24.4 Å². The van der Waals surface area contributed by atoms with Crippen molar-refractivity contribution >= 4 is 29.0 Å². The molecule has 1 N–H and O–H groups in total. The van der Waals surface area contributed by atoms with Crippen LogP contribution in [0.4, 0.5) is 5.69 Å². The molecule has 4 nitrogen and oxygen atoms in total. The third kappa shape index (κ3) is 3.03. The van der Waals surface area contributed by atoms with Gasteiger partial charge in [0, 0.05) is 11.1 Å². The highest BCUT2D eigenvalue weighted by molar-refractivity contribution is 7.10. The van der Waals surface area contributed by atoms with Gasteiger partial charge in [-0.1, -0.05) is 6.07 Å². The largest absolute Gasteiger partial charge is 0.320 e. The Hall–Kier alpha value is -2.45. The molecule has 0 saturated heterocycles. The fourth-order valence-electron chi connectivity index (χ4n) is 1.30. The van der Waals surface area contributed by atoms with Crippen LogP contribution >= 0.6 is 11.3 Å². The molecule has 0 bridgehead atoms. The van der Waals surface area contributed by atoms with Gasteiger partial charge in [0.25, 0.3) is 5.91 Å². The molecule has 0 fully saturated rings. The predicted molar refractivity (Wildman–Crippen MR) is 70.8 cm³/mol. The highest BCUT2D eigenvalue weighted by Gasteiger charge is 2.09. The second-order valence-corrected chi connectivity index (χ2v) is 4.36. The first-order valence-corrected chi connectivity index (χ1v) is 6.04. The lowest BCUT2D eigenvalue weighted by molar-refractivity contribution is -0.112. The molecular formula is C13H9N3OS. The highest BCUT2D eigenvalue weighted by atomic mass is 32.1. The van der Waals surface area contributed by atoms with Gasteiger partial charge in [0.1, 0.15) is 11.6 Å². The summed E-state index contributed by atoms with van der Waals surface area (Å²) in [5, 5.41) is 13.5. The van der Waals surface area contributed by atoms with Crippen LogP contribution in [0, 0.1) is 11.3 Å². The summed E-state index contributed by atoms with van der Waals surface area (Å²) < 4.78 is 0. The molecule has 0 atom stereocenters. The summed E-state index contributed by atoms with van der Waals surface area (Å²) in [6.07, 6.45) is 4.71. The first-order valence-electron chi connectivity index (χ1n) is 5.16. The van der Waals surface area contributed by atoms with Crippen LogP contribution < -0.4 is 5.32 Å². The number of pyridine rings is 1. The van der Waals surface area contributed by atoms with Gasteiger partial charge in [-0.05, 0) is 29.7 Å². The van der Waals surface area contributed by atoms with Gasteiger partial charge >= 0.3 is 0 Å². The Morgan fingerprint density at radius 1 is 1.44 bits per heavy atom. The summed E-state index contributed by atoms with van der Waals surface area (Å²) in [7, 11) is 0. The third-order valence-corrected chi connectivity index (χ3v) is 2.93. The Morgan fingerprint density at radius 3 is 2.94 bits per heavy atom. The number of carbonyl (C=O) groups is 1. The molecule has 0 aromatic carbocycles. The van der Waals surface area contributed by atoms with Gasteiger partial charge < -0.3 is 5.32 Å². The van der Waals surface area contributed by atoms with E-state index in [2.05, 4.69) is 10.3 Å². The average molecular weight is 255 g/mol. The summed E-state index contributed by atoms with van der Waals surface area (Å²) in [4.78, 5) is 16.6. The number of hydrogen-bond donors (Lipinski definition) is 1. The Bertz CT molecular complexity index is 597. The van der Waals surface area contributed by atoms with Crippen molar-refractivity contribution in [3.05, 3.63) is 52.5 Å². The first kappa shape index (κ1) is 12.0. The van der Waals surface area contributed by atoms with Crippen LogP contribution in [-0.2, 0) is 4.79 Å². The van der Waals surface area contributed by atoms with Crippen LogP contribution in [0.25, 0.3) is 6.08 Å². The Morgan fingerprint density at radius 2 is 2.33 bits per heavy atom.